The zero-order valence-electron chi connectivity index (χ0n) is 11.6. The fourth-order valence-electron chi connectivity index (χ4n) is 2.44. The van der Waals surface area contributed by atoms with Crippen LogP contribution in [0.2, 0.25) is 5.02 Å². The van der Waals surface area contributed by atoms with Crippen LogP contribution in [0, 0.1) is 12.7 Å². The summed E-state index contributed by atoms with van der Waals surface area (Å²) in [5.74, 6) is -1.54. The van der Waals surface area contributed by atoms with Crippen LogP contribution in [0.25, 0.3) is 22.0 Å². The van der Waals surface area contributed by atoms with Gasteiger partial charge in [-0.2, -0.15) is 0 Å². The Morgan fingerprint density at radius 3 is 2.68 bits per heavy atom. The van der Waals surface area contributed by atoms with Gasteiger partial charge in [0.05, 0.1) is 21.8 Å². The Hall–Kier alpha value is -2.46. The van der Waals surface area contributed by atoms with Gasteiger partial charge in [0.15, 0.2) is 0 Å². The van der Waals surface area contributed by atoms with Crippen molar-refractivity contribution in [2.75, 3.05) is 0 Å². The number of carboxylic acid groups (broad SMARTS) is 1. The molecule has 0 unspecified atom stereocenters. The number of halogens is 2. The van der Waals surface area contributed by atoms with E-state index in [9.17, 15) is 9.18 Å². The zero-order valence-corrected chi connectivity index (χ0v) is 12.4. The van der Waals surface area contributed by atoms with Crippen molar-refractivity contribution in [1.29, 1.82) is 0 Å². The van der Waals surface area contributed by atoms with Crippen LogP contribution >= 0.6 is 11.6 Å². The fraction of sp³-hybridized carbons (Fsp3) is 0.0588. The van der Waals surface area contributed by atoms with E-state index < -0.39 is 11.8 Å². The molecule has 1 N–H and O–H groups in total. The van der Waals surface area contributed by atoms with E-state index >= 15 is 0 Å². The third-order valence-corrected chi connectivity index (χ3v) is 3.85. The van der Waals surface area contributed by atoms with Gasteiger partial charge >= 0.3 is 5.97 Å². The molecule has 0 saturated heterocycles. The van der Waals surface area contributed by atoms with Crippen molar-refractivity contribution in [3.63, 3.8) is 0 Å². The van der Waals surface area contributed by atoms with Gasteiger partial charge in [-0.15, -0.1) is 0 Å². The van der Waals surface area contributed by atoms with Crippen molar-refractivity contribution in [1.82, 2.24) is 4.98 Å². The van der Waals surface area contributed by atoms with E-state index in [1.165, 1.54) is 24.3 Å². The van der Waals surface area contributed by atoms with Crippen LogP contribution in [0.3, 0.4) is 0 Å². The van der Waals surface area contributed by atoms with Crippen molar-refractivity contribution in [2.45, 2.75) is 6.92 Å². The highest BCUT2D eigenvalue weighted by molar-refractivity contribution is 6.33. The maximum absolute atomic E-state index is 14.2. The average molecular weight is 316 g/mol. The molecule has 0 atom stereocenters. The topological polar surface area (TPSA) is 50.2 Å². The summed E-state index contributed by atoms with van der Waals surface area (Å²) in [6.07, 6.45) is 1.63. The van der Waals surface area contributed by atoms with E-state index in [0.29, 0.717) is 11.1 Å². The molecule has 2 aromatic carbocycles. The lowest BCUT2D eigenvalue weighted by atomic mass is 9.99. The van der Waals surface area contributed by atoms with Crippen LogP contribution in [0.15, 0.2) is 42.6 Å². The SMILES string of the molecule is Cc1cnc(-c2c(F)cccc2Cl)c2cc(C(=O)O)ccc12. The Kier molecular flexibility index (Phi) is 3.54. The van der Waals surface area contributed by atoms with Crippen molar-refractivity contribution in [3.8, 4) is 11.3 Å². The largest absolute Gasteiger partial charge is 0.478 e. The molecule has 0 radical (unpaired) electrons. The molecule has 0 spiro atoms. The first kappa shape index (κ1) is 14.5. The third-order valence-electron chi connectivity index (χ3n) is 3.53. The molecule has 3 aromatic rings. The Labute approximate surface area is 131 Å². The standard InChI is InChI=1S/C17H11ClFNO2/c1-9-8-20-16(15-13(18)3-2-4-14(15)19)12-7-10(17(21)22)5-6-11(9)12/h2-8H,1H3,(H,21,22). The van der Waals surface area contributed by atoms with Crippen LogP contribution in [-0.4, -0.2) is 16.1 Å². The lowest BCUT2D eigenvalue weighted by Crippen LogP contribution is -1.98. The first-order valence-electron chi connectivity index (χ1n) is 6.56. The van der Waals surface area contributed by atoms with Crippen molar-refractivity contribution in [3.05, 3.63) is 64.6 Å². The molecule has 3 rings (SSSR count). The number of carboxylic acids is 1. The summed E-state index contributed by atoms with van der Waals surface area (Å²) < 4.78 is 14.2. The van der Waals surface area contributed by atoms with Gasteiger partial charge in [0, 0.05) is 11.6 Å². The van der Waals surface area contributed by atoms with E-state index in [4.69, 9.17) is 16.7 Å². The van der Waals surface area contributed by atoms with E-state index in [2.05, 4.69) is 4.98 Å². The molecule has 0 aliphatic rings. The number of benzene rings is 2. The lowest BCUT2D eigenvalue weighted by molar-refractivity contribution is 0.0697. The summed E-state index contributed by atoms with van der Waals surface area (Å²) in [6.45, 7) is 1.86. The second kappa shape index (κ2) is 5.39. The molecule has 1 heterocycles. The smallest absolute Gasteiger partial charge is 0.335 e. The minimum atomic E-state index is -1.05. The minimum Gasteiger partial charge on any atom is -0.478 e. The summed E-state index contributed by atoms with van der Waals surface area (Å²) in [7, 11) is 0. The molecule has 110 valence electrons. The lowest BCUT2D eigenvalue weighted by Gasteiger charge is -2.11. The number of fused-ring (bicyclic) bond motifs is 1. The number of rotatable bonds is 2. The van der Waals surface area contributed by atoms with Crippen LogP contribution in [0.1, 0.15) is 15.9 Å². The molecule has 0 amide bonds. The Morgan fingerprint density at radius 1 is 1.23 bits per heavy atom. The zero-order chi connectivity index (χ0) is 15.9. The van der Waals surface area contributed by atoms with Crippen LogP contribution in [0.4, 0.5) is 4.39 Å². The number of aromatic nitrogens is 1. The Bertz CT molecular complexity index is 888. The predicted molar refractivity (Wildman–Crippen MR) is 83.8 cm³/mol. The summed E-state index contributed by atoms with van der Waals surface area (Å²) in [5.41, 5.74) is 1.51. The molecule has 0 saturated carbocycles. The van der Waals surface area contributed by atoms with Gasteiger partial charge in [-0.05, 0) is 42.1 Å². The molecule has 5 heteroatoms. The maximum atomic E-state index is 14.2. The summed E-state index contributed by atoms with van der Waals surface area (Å²) in [4.78, 5) is 15.5. The predicted octanol–water partition coefficient (Wildman–Crippen LogP) is 4.70. The van der Waals surface area contributed by atoms with Gasteiger partial charge in [-0.1, -0.05) is 23.7 Å². The Balaban J connectivity index is 2.41. The molecule has 22 heavy (non-hydrogen) atoms. The Morgan fingerprint density at radius 2 is 2.00 bits per heavy atom. The molecule has 0 bridgehead atoms. The number of aromatic carboxylic acids is 1. The molecule has 0 aliphatic carbocycles. The summed E-state index contributed by atoms with van der Waals surface area (Å²) >= 11 is 6.11. The summed E-state index contributed by atoms with van der Waals surface area (Å²) in [5, 5.41) is 10.8. The molecule has 0 aliphatic heterocycles. The minimum absolute atomic E-state index is 0.119. The second-order valence-corrected chi connectivity index (χ2v) is 5.36. The fourth-order valence-corrected chi connectivity index (χ4v) is 2.69. The van der Waals surface area contributed by atoms with Gasteiger partial charge in [0.2, 0.25) is 0 Å². The first-order chi connectivity index (χ1) is 10.5. The number of hydrogen-bond acceptors (Lipinski definition) is 2. The third kappa shape index (κ3) is 2.31. The average Bonchev–Trinajstić information content (AvgIpc) is 2.49. The number of aryl methyl sites for hydroxylation is 1. The van der Waals surface area contributed by atoms with Crippen molar-refractivity contribution < 1.29 is 14.3 Å². The second-order valence-electron chi connectivity index (χ2n) is 4.95. The number of pyridine rings is 1. The quantitative estimate of drug-likeness (QED) is 0.745. The first-order valence-corrected chi connectivity index (χ1v) is 6.94. The number of hydrogen-bond donors (Lipinski definition) is 1. The molecular formula is C17H11ClFNO2. The molecule has 1 aromatic heterocycles. The number of nitrogens with zero attached hydrogens (tertiary/aromatic N) is 1. The van der Waals surface area contributed by atoms with Gasteiger partial charge in [0.1, 0.15) is 5.82 Å². The molecule has 3 nitrogen and oxygen atoms in total. The molecule has 0 fully saturated rings. The van der Waals surface area contributed by atoms with E-state index in [0.717, 1.165) is 10.9 Å². The van der Waals surface area contributed by atoms with Gasteiger partial charge in [0.25, 0.3) is 0 Å². The van der Waals surface area contributed by atoms with E-state index in [1.807, 2.05) is 6.92 Å². The van der Waals surface area contributed by atoms with Gasteiger partial charge < -0.3 is 5.11 Å². The summed E-state index contributed by atoms with van der Waals surface area (Å²) in [6, 6.07) is 9.11. The van der Waals surface area contributed by atoms with Gasteiger partial charge in [-0.25, -0.2) is 9.18 Å². The highest BCUT2D eigenvalue weighted by atomic mass is 35.5. The molecular weight excluding hydrogens is 305 g/mol. The highest BCUT2D eigenvalue weighted by Crippen LogP contribution is 2.35. The normalized spacial score (nSPS) is 10.9. The van der Waals surface area contributed by atoms with E-state index in [-0.39, 0.29) is 16.1 Å². The maximum Gasteiger partial charge on any atom is 0.335 e. The highest BCUT2D eigenvalue weighted by Gasteiger charge is 2.16. The van der Waals surface area contributed by atoms with Crippen molar-refractivity contribution in [2.24, 2.45) is 0 Å². The van der Waals surface area contributed by atoms with Crippen LogP contribution in [0.5, 0.6) is 0 Å². The van der Waals surface area contributed by atoms with Crippen LogP contribution < -0.4 is 0 Å². The van der Waals surface area contributed by atoms with Crippen molar-refractivity contribution >= 4 is 28.3 Å². The van der Waals surface area contributed by atoms with Crippen LogP contribution in [-0.2, 0) is 0 Å². The van der Waals surface area contributed by atoms with Gasteiger partial charge in [-0.3, -0.25) is 4.98 Å². The van der Waals surface area contributed by atoms with E-state index in [1.54, 1.807) is 18.3 Å². The number of carbonyl (C=O) groups is 1. The monoisotopic (exact) mass is 315 g/mol.